The Bertz CT molecular complexity index is 978. The first-order valence-electron chi connectivity index (χ1n) is 7.69. The maximum atomic E-state index is 12.5. The van der Waals surface area contributed by atoms with E-state index in [1.54, 1.807) is 41.0 Å². The average Bonchev–Trinajstić information content (AvgIpc) is 2.93. The lowest BCUT2D eigenvalue weighted by Crippen LogP contribution is -2.24. The van der Waals surface area contributed by atoms with Crippen LogP contribution in [0.2, 0.25) is 5.02 Å². The third-order valence-corrected chi connectivity index (χ3v) is 4.52. The molecule has 1 atom stereocenters. The minimum atomic E-state index is -0.426. The van der Waals surface area contributed by atoms with Gasteiger partial charge in [0.2, 0.25) is 0 Å². The molecule has 0 bridgehead atoms. The number of esters is 1. The van der Waals surface area contributed by atoms with Gasteiger partial charge in [-0.1, -0.05) is 23.7 Å². The van der Waals surface area contributed by atoms with Crippen molar-refractivity contribution in [3.05, 3.63) is 69.1 Å². The zero-order valence-corrected chi connectivity index (χ0v) is 15.0. The number of imidazole rings is 1. The lowest BCUT2D eigenvalue weighted by molar-refractivity contribution is 0.0600. The molecule has 1 unspecified atom stereocenters. The number of hydrogen-bond acceptors (Lipinski definition) is 3. The predicted octanol–water partition coefficient (Wildman–Crippen LogP) is 3.99. The molecule has 0 spiro atoms. The standard InChI is InChI=1S/C18H16Cl2N2O3/c1-25-17(23)12-4-2-3-11(9-12)15(7-8-19)22-16-6-5-13(20)10-14(16)21-18(22)24/h2-6,9-10,15H,7-8H2,1H3,(H,21,24). The van der Waals surface area contributed by atoms with Gasteiger partial charge in [-0.25, -0.2) is 9.59 Å². The molecule has 1 aromatic heterocycles. The monoisotopic (exact) mass is 378 g/mol. The maximum absolute atomic E-state index is 12.5. The lowest BCUT2D eigenvalue weighted by atomic mass is 10.0. The molecule has 0 aliphatic carbocycles. The van der Waals surface area contributed by atoms with Crippen molar-refractivity contribution in [1.82, 2.24) is 9.55 Å². The van der Waals surface area contributed by atoms with Crippen LogP contribution in [0.15, 0.2) is 47.3 Å². The molecule has 5 nitrogen and oxygen atoms in total. The number of H-pyrrole nitrogens is 1. The van der Waals surface area contributed by atoms with Gasteiger partial charge in [0.25, 0.3) is 0 Å². The number of carbonyl (C=O) groups is 1. The van der Waals surface area contributed by atoms with Crippen LogP contribution in [0.4, 0.5) is 0 Å². The number of fused-ring (bicyclic) bond motifs is 1. The van der Waals surface area contributed by atoms with E-state index in [0.717, 1.165) is 11.1 Å². The molecule has 7 heteroatoms. The largest absolute Gasteiger partial charge is 0.465 e. The van der Waals surface area contributed by atoms with Gasteiger partial charge in [0, 0.05) is 10.9 Å². The van der Waals surface area contributed by atoms with Gasteiger partial charge in [-0.2, -0.15) is 0 Å². The minimum Gasteiger partial charge on any atom is -0.465 e. The van der Waals surface area contributed by atoms with E-state index in [0.29, 0.717) is 28.4 Å². The van der Waals surface area contributed by atoms with Crippen molar-refractivity contribution in [2.75, 3.05) is 13.0 Å². The van der Waals surface area contributed by atoms with Crippen LogP contribution >= 0.6 is 23.2 Å². The lowest BCUT2D eigenvalue weighted by Gasteiger charge is -2.19. The fourth-order valence-electron chi connectivity index (χ4n) is 2.95. The molecular weight excluding hydrogens is 363 g/mol. The third-order valence-electron chi connectivity index (χ3n) is 4.07. The fourth-order valence-corrected chi connectivity index (χ4v) is 3.33. The molecule has 1 heterocycles. The Hall–Kier alpha value is -2.24. The first-order valence-corrected chi connectivity index (χ1v) is 8.60. The third kappa shape index (κ3) is 3.43. The normalized spacial score (nSPS) is 12.3. The Morgan fingerprint density at radius 1 is 1.28 bits per heavy atom. The van der Waals surface area contributed by atoms with E-state index < -0.39 is 5.97 Å². The van der Waals surface area contributed by atoms with Gasteiger partial charge in [0.15, 0.2) is 0 Å². The number of rotatable bonds is 5. The molecule has 0 aliphatic heterocycles. The summed E-state index contributed by atoms with van der Waals surface area (Å²) in [4.78, 5) is 27.2. The average molecular weight is 379 g/mol. The van der Waals surface area contributed by atoms with Gasteiger partial charge in [-0.15, -0.1) is 11.6 Å². The summed E-state index contributed by atoms with van der Waals surface area (Å²) in [5.41, 5.74) is 2.36. The summed E-state index contributed by atoms with van der Waals surface area (Å²) < 4.78 is 6.42. The van der Waals surface area contributed by atoms with Crippen molar-refractivity contribution in [3.8, 4) is 0 Å². The minimum absolute atomic E-state index is 0.254. The Morgan fingerprint density at radius 2 is 2.08 bits per heavy atom. The number of nitrogens with zero attached hydrogens (tertiary/aromatic N) is 1. The van der Waals surface area contributed by atoms with Crippen molar-refractivity contribution in [3.63, 3.8) is 0 Å². The zero-order chi connectivity index (χ0) is 18.0. The molecule has 0 saturated carbocycles. The van der Waals surface area contributed by atoms with Crippen molar-refractivity contribution < 1.29 is 9.53 Å². The molecular formula is C18H16Cl2N2O3. The summed E-state index contributed by atoms with van der Waals surface area (Å²) in [6.07, 6.45) is 0.529. The first kappa shape index (κ1) is 17.6. The smallest absolute Gasteiger partial charge is 0.337 e. The molecule has 130 valence electrons. The molecule has 0 saturated heterocycles. The molecule has 0 amide bonds. The number of benzene rings is 2. The van der Waals surface area contributed by atoms with Gasteiger partial charge < -0.3 is 9.72 Å². The Morgan fingerprint density at radius 3 is 2.80 bits per heavy atom. The highest BCUT2D eigenvalue weighted by molar-refractivity contribution is 6.31. The molecule has 2 aromatic carbocycles. The summed E-state index contributed by atoms with van der Waals surface area (Å²) in [7, 11) is 1.33. The van der Waals surface area contributed by atoms with E-state index >= 15 is 0 Å². The summed E-state index contributed by atoms with van der Waals surface area (Å²) in [5.74, 6) is -0.0654. The number of alkyl halides is 1. The van der Waals surface area contributed by atoms with Gasteiger partial charge in [-0.3, -0.25) is 4.57 Å². The number of aromatic nitrogens is 2. The van der Waals surface area contributed by atoms with Gasteiger partial charge in [0.05, 0.1) is 29.7 Å². The number of aromatic amines is 1. The highest BCUT2D eigenvalue weighted by Crippen LogP contribution is 2.27. The summed E-state index contributed by atoms with van der Waals surface area (Å²) in [6, 6.07) is 11.9. The zero-order valence-electron chi connectivity index (χ0n) is 13.5. The molecule has 1 N–H and O–H groups in total. The van der Waals surface area contributed by atoms with Crippen LogP contribution < -0.4 is 5.69 Å². The topological polar surface area (TPSA) is 64.1 Å². The highest BCUT2D eigenvalue weighted by Gasteiger charge is 2.20. The van der Waals surface area contributed by atoms with Crippen LogP contribution in [0.3, 0.4) is 0 Å². The number of carbonyl (C=O) groups excluding carboxylic acids is 1. The molecule has 3 aromatic rings. The molecule has 0 fully saturated rings. The van der Waals surface area contributed by atoms with Crippen LogP contribution in [-0.2, 0) is 4.74 Å². The number of nitrogens with one attached hydrogen (secondary N) is 1. The van der Waals surface area contributed by atoms with E-state index in [2.05, 4.69) is 4.98 Å². The van der Waals surface area contributed by atoms with Crippen LogP contribution in [0.1, 0.15) is 28.4 Å². The Kier molecular flexibility index (Phi) is 5.16. The van der Waals surface area contributed by atoms with Gasteiger partial charge >= 0.3 is 11.7 Å². The van der Waals surface area contributed by atoms with Crippen LogP contribution in [0.5, 0.6) is 0 Å². The summed E-state index contributed by atoms with van der Waals surface area (Å²) in [5, 5.41) is 0.544. The van der Waals surface area contributed by atoms with Crippen molar-refractivity contribution in [1.29, 1.82) is 0 Å². The van der Waals surface area contributed by atoms with E-state index in [1.807, 2.05) is 6.07 Å². The Balaban J connectivity index is 2.16. The van der Waals surface area contributed by atoms with E-state index in [9.17, 15) is 9.59 Å². The Labute approximate surface area is 154 Å². The van der Waals surface area contributed by atoms with Crippen molar-refractivity contribution in [2.24, 2.45) is 0 Å². The second-order valence-electron chi connectivity index (χ2n) is 5.57. The number of ether oxygens (including phenoxy) is 1. The van der Waals surface area contributed by atoms with E-state index in [1.165, 1.54) is 7.11 Å². The number of methoxy groups -OCH3 is 1. The second kappa shape index (κ2) is 7.33. The first-order chi connectivity index (χ1) is 12.0. The fraction of sp³-hybridized carbons (Fsp3) is 0.222. The van der Waals surface area contributed by atoms with Crippen molar-refractivity contribution in [2.45, 2.75) is 12.5 Å². The predicted molar refractivity (Wildman–Crippen MR) is 98.8 cm³/mol. The van der Waals surface area contributed by atoms with Gasteiger partial charge in [-0.05, 0) is 42.3 Å². The quantitative estimate of drug-likeness (QED) is 0.539. The SMILES string of the molecule is COC(=O)c1cccc(C(CCCl)n2c(=O)[nH]c3cc(Cl)ccc32)c1. The summed E-state index contributed by atoms with van der Waals surface area (Å²) in [6.45, 7) is 0. The number of hydrogen-bond donors (Lipinski definition) is 1. The van der Waals surface area contributed by atoms with Crippen molar-refractivity contribution >= 4 is 40.2 Å². The van der Waals surface area contributed by atoms with Crippen LogP contribution in [-0.4, -0.2) is 28.5 Å². The molecule has 25 heavy (non-hydrogen) atoms. The molecule has 0 aliphatic rings. The van der Waals surface area contributed by atoms with E-state index in [4.69, 9.17) is 27.9 Å². The van der Waals surface area contributed by atoms with Crippen LogP contribution in [0.25, 0.3) is 11.0 Å². The molecule has 3 rings (SSSR count). The van der Waals surface area contributed by atoms with Crippen LogP contribution in [0, 0.1) is 0 Å². The maximum Gasteiger partial charge on any atom is 0.337 e. The second-order valence-corrected chi connectivity index (χ2v) is 6.39. The summed E-state index contributed by atoms with van der Waals surface area (Å²) >= 11 is 12.0. The molecule has 0 radical (unpaired) electrons. The van der Waals surface area contributed by atoms with E-state index in [-0.39, 0.29) is 11.7 Å². The highest BCUT2D eigenvalue weighted by atomic mass is 35.5. The number of halogens is 2. The van der Waals surface area contributed by atoms with Gasteiger partial charge in [0.1, 0.15) is 0 Å².